The van der Waals surface area contributed by atoms with Gasteiger partial charge in [-0.15, -0.1) is 0 Å². The number of hydrogen-bond acceptors (Lipinski definition) is 4. The summed E-state index contributed by atoms with van der Waals surface area (Å²) in [5, 5.41) is 9.90. The monoisotopic (exact) mass is 412 g/mol. The van der Waals surface area contributed by atoms with E-state index >= 15 is 0 Å². The van der Waals surface area contributed by atoms with Crippen molar-refractivity contribution in [3.05, 3.63) is 0 Å². The van der Waals surface area contributed by atoms with E-state index in [2.05, 4.69) is 22.9 Å². The fourth-order valence-corrected chi connectivity index (χ4v) is 3.46. The second kappa shape index (κ2) is 25.4. The zero-order chi connectivity index (χ0) is 21.3. The standard InChI is InChI=1S/C24H52N4O/c1-2-3-4-5-6-7-8-9-10-11-12-17-24(29)28-23-16-22-27-20-14-13-19-26-21-15-18-25/h26-27H,2-23,25H2,1H3,(H,28,29). The Bertz CT molecular complexity index is 326. The molecule has 0 heterocycles. The SMILES string of the molecule is CCCCCCCCCCCCCC(=O)NCCCNCCCCNCCCN. The fourth-order valence-electron chi connectivity index (χ4n) is 3.46. The molecule has 0 aromatic rings. The minimum Gasteiger partial charge on any atom is -0.356 e. The highest BCUT2D eigenvalue weighted by Crippen LogP contribution is 2.11. The van der Waals surface area contributed by atoms with E-state index < -0.39 is 0 Å². The normalized spacial score (nSPS) is 11.1. The molecule has 174 valence electrons. The van der Waals surface area contributed by atoms with Crippen LogP contribution in [0.15, 0.2) is 0 Å². The van der Waals surface area contributed by atoms with Gasteiger partial charge < -0.3 is 21.7 Å². The molecule has 5 nitrogen and oxygen atoms in total. The van der Waals surface area contributed by atoms with E-state index in [4.69, 9.17) is 5.73 Å². The maximum absolute atomic E-state index is 11.8. The first-order valence-electron chi connectivity index (χ1n) is 12.7. The lowest BCUT2D eigenvalue weighted by Gasteiger charge is -2.07. The summed E-state index contributed by atoms with van der Waals surface area (Å²) < 4.78 is 0. The molecule has 0 rings (SSSR count). The van der Waals surface area contributed by atoms with E-state index in [0.717, 1.165) is 58.5 Å². The van der Waals surface area contributed by atoms with Crippen LogP contribution in [-0.2, 0) is 4.79 Å². The highest BCUT2D eigenvalue weighted by atomic mass is 16.1. The van der Waals surface area contributed by atoms with Crippen molar-refractivity contribution >= 4 is 5.91 Å². The van der Waals surface area contributed by atoms with Crippen molar-refractivity contribution < 1.29 is 4.79 Å². The van der Waals surface area contributed by atoms with Gasteiger partial charge in [0.1, 0.15) is 0 Å². The number of carbonyl (C=O) groups is 1. The maximum atomic E-state index is 11.8. The van der Waals surface area contributed by atoms with Gasteiger partial charge in [0.05, 0.1) is 0 Å². The van der Waals surface area contributed by atoms with Crippen LogP contribution in [0.3, 0.4) is 0 Å². The molecule has 0 spiro atoms. The largest absolute Gasteiger partial charge is 0.356 e. The summed E-state index contributed by atoms with van der Waals surface area (Å²) in [6.45, 7) is 7.99. The Labute approximate surface area is 181 Å². The molecule has 0 aliphatic rings. The predicted molar refractivity (Wildman–Crippen MR) is 127 cm³/mol. The Morgan fingerprint density at radius 1 is 0.586 bits per heavy atom. The number of nitrogens with two attached hydrogens (primary N) is 1. The zero-order valence-electron chi connectivity index (χ0n) is 19.5. The van der Waals surface area contributed by atoms with Crippen LogP contribution in [-0.4, -0.2) is 45.2 Å². The molecule has 29 heavy (non-hydrogen) atoms. The van der Waals surface area contributed by atoms with Crippen LogP contribution in [0.1, 0.15) is 110 Å². The first-order chi connectivity index (χ1) is 14.3. The molecule has 0 bridgehead atoms. The van der Waals surface area contributed by atoms with Gasteiger partial charge in [-0.05, 0) is 64.8 Å². The average Bonchev–Trinajstić information content (AvgIpc) is 2.72. The second-order valence-electron chi connectivity index (χ2n) is 8.34. The van der Waals surface area contributed by atoms with Crippen LogP contribution < -0.4 is 21.7 Å². The number of amides is 1. The molecule has 0 aliphatic carbocycles. The van der Waals surface area contributed by atoms with Crippen LogP contribution in [0.25, 0.3) is 0 Å². The molecule has 5 N–H and O–H groups in total. The molecular formula is C24H52N4O. The molecule has 0 aromatic carbocycles. The van der Waals surface area contributed by atoms with Crippen LogP contribution in [0.2, 0.25) is 0 Å². The van der Waals surface area contributed by atoms with E-state index in [-0.39, 0.29) is 5.91 Å². The topological polar surface area (TPSA) is 79.2 Å². The van der Waals surface area contributed by atoms with Gasteiger partial charge in [0.25, 0.3) is 0 Å². The fraction of sp³-hybridized carbons (Fsp3) is 0.958. The maximum Gasteiger partial charge on any atom is 0.219 e. The molecule has 1 amide bonds. The third kappa shape index (κ3) is 25.3. The van der Waals surface area contributed by atoms with Gasteiger partial charge in [-0.25, -0.2) is 0 Å². The summed E-state index contributed by atoms with van der Waals surface area (Å²) in [7, 11) is 0. The lowest BCUT2D eigenvalue weighted by molar-refractivity contribution is -0.121. The highest BCUT2D eigenvalue weighted by Gasteiger charge is 2.00. The minimum absolute atomic E-state index is 0.226. The van der Waals surface area contributed by atoms with Gasteiger partial charge in [-0.2, -0.15) is 0 Å². The molecule has 0 radical (unpaired) electrons. The molecule has 0 aliphatic heterocycles. The average molecular weight is 413 g/mol. The molecule has 0 aromatic heterocycles. The lowest BCUT2D eigenvalue weighted by atomic mass is 10.1. The van der Waals surface area contributed by atoms with Crippen LogP contribution in [0, 0.1) is 0 Å². The van der Waals surface area contributed by atoms with Gasteiger partial charge in [0, 0.05) is 13.0 Å². The van der Waals surface area contributed by atoms with Gasteiger partial charge in [0.2, 0.25) is 5.91 Å². The van der Waals surface area contributed by atoms with Crippen molar-refractivity contribution in [3.8, 4) is 0 Å². The van der Waals surface area contributed by atoms with Gasteiger partial charge in [0.15, 0.2) is 0 Å². The smallest absolute Gasteiger partial charge is 0.219 e. The van der Waals surface area contributed by atoms with Crippen molar-refractivity contribution in [2.45, 2.75) is 110 Å². The first-order valence-corrected chi connectivity index (χ1v) is 12.7. The van der Waals surface area contributed by atoms with E-state index in [1.165, 1.54) is 77.0 Å². The van der Waals surface area contributed by atoms with Gasteiger partial charge in [-0.1, -0.05) is 71.1 Å². The molecule has 0 fully saturated rings. The summed E-state index contributed by atoms with van der Waals surface area (Å²) in [5.74, 6) is 0.226. The second-order valence-corrected chi connectivity index (χ2v) is 8.34. The minimum atomic E-state index is 0.226. The third-order valence-electron chi connectivity index (χ3n) is 5.37. The van der Waals surface area contributed by atoms with Crippen molar-refractivity contribution in [1.82, 2.24) is 16.0 Å². The molecular weight excluding hydrogens is 360 g/mol. The Morgan fingerprint density at radius 2 is 1.07 bits per heavy atom. The predicted octanol–water partition coefficient (Wildman–Crippen LogP) is 4.50. The molecule has 0 saturated heterocycles. The van der Waals surface area contributed by atoms with Crippen LogP contribution >= 0.6 is 0 Å². The summed E-state index contributed by atoms with van der Waals surface area (Å²) >= 11 is 0. The zero-order valence-corrected chi connectivity index (χ0v) is 19.5. The van der Waals surface area contributed by atoms with Gasteiger partial charge in [-0.3, -0.25) is 4.79 Å². The molecule has 0 unspecified atom stereocenters. The Kier molecular flexibility index (Phi) is 24.8. The van der Waals surface area contributed by atoms with E-state index in [9.17, 15) is 4.79 Å². The molecule has 0 atom stereocenters. The summed E-state index contributed by atoms with van der Waals surface area (Å²) in [4.78, 5) is 11.8. The quantitative estimate of drug-likeness (QED) is 0.176. The van der Waals surface area contributed by atoms with Crippen LogP contribution in [0.5, 0.6) is 0 Å². The van der Waals surface area contributed by atoms with E-state index in [1.807, 2.05) is 0 Å². The summed E-state index contributed by atoms with van der Waals surface area (Å²) in [6, 6.07) is 0. The Hall–Kier alpha value is -0.650. The Balaban J connectivity index is 3.13. The van der Waals surface area contributed by atoms with E-state index in [1.54, 1.807) is 0 Å². The summed E-state index contributed by atoms with van der Waals surface area (Å²) in [6.07, 6.45) is 19.8. The summed E-state index contributed by atoms with van der Waals surface area (Å²) in [5.41, 5.74) is 5.46. The molecule has 0 saturated carbocycles. The number of hydrogen-bond donors (Lipinski definition) is 4. The van der Waals surface area contributed by atoms with E-state index in [0.29, 0.717) is 6.42 Å². The van der Waals surface area contributed by atoms with Crippen molar-refractivity contribution in [1.29, 1.82) is 0 Å². The third-order valence-corrected chi connectivity index (χ3v) is 5.37. The number of unbranched alkanes of at least 4 members (excludes halogenated alkanes) is 11. The number of carbonyl (C=O) groups excluding carboxylic acids is 1. The van der Waals surface area contributed by atoms with Crippen molar-refractivity contribution in [2.24, 2.45) is 5.73 Å². The highest BCUT2D eigenvalue weighted by molar-refractivity contribution is 5.75. The number of nitrogens with one attached hydrogen (secondary N) is 3. The van der Waals surface area contributed by atoms with Gasteiger partial charge >= 0.3 is 0 Å². The molecule has 5 heteroatoms. The Morgan fingerprint density at radius 3 is 1.62 bits per heavy atom. The van der Waals surface area contributed by atoms with Crippen LogP contribution in [0.4, 0.5) is 0 Å². The first kappa shape index (κ1) is 28.4. The number of rotatable bonds is 24. The van der Waals surface area contributed by atoms with Crippen molar-refractivity contribution in [3.63, 3.8) is 0 Å². The lowest BCUT2D eigenvalue weighted by Crippen LogP contribution is -2.27. The van der Waals surface area contributed by atoms with Crippen molar-refractivity contribution in [2.75, 3.05) is 39.3 Å².